The molecule has 0 radical (unpaired) electrons. The summed E-state index contributed by atoms with van der Waals surface area (Å²) >= 11 is 3.18. The monoisotopic (exact) mass is 269 g/mol. The van der Waals surface area contributed by atoms with Crippen LogP contribution >= 0.6 is 15.9 Å². The molecule has 0 saturated heterocycles. The standard InChI is InChI=1S/C9H8BrN3O2/c10-8-2-1-6(15-8)5-11-9(14)7-3-4-12-13-7/h1-4H,5H2,(H,11,14)(H,12,13). The first-order chi connectivity index (χ1) is 7.25. The van der Waals surface area contributed by atoms with Crippen molar-refractivity contribution in [2.24, 2.45) is 0 Å². The number of rotatable bonds is 3. The lowest BCUT2D eigenvalue weighted by Gasteiger charge is -1.99. The smallest absolute Gasteiger partial charge is 0.269 e. The lowest BCUT2D eigenvalue weighted by atomic mass is 10.4. The van der Waals surface area contributed by atoms with Crippen LogP contribution in [0, 0.1) is 0 Å². The lowest BCUT2D eigenvalue weighted by molar-refractivity contribution is 0.0943. The summed E-state index contributed by atoms with van der Waals surface area (Å²) in [4.78, 5) is 11.5. The molecule has 78 valence electrons. The largest absolute Gasteiger partial charge is 0.452 e. The number of hydrogen-bond donors (Lipinski definition) is 2. The second-order valence-corrected chi connectivity index (χ2v) is 3.64. The minimum atomic E-state index is -0.208. The van der Waals surface area contributed by atoms with Crippen molar-refractivity contribution in [1.29, 1.82) is 0 Å². The molecule has 0 bridgehead atoms. The molecule has 2 rings (SSSR count). The molecule has 15 heavy (non-hydrogen) atoms. The maximum absolute atomic E-state index is 11.5. The van der Waals surface area contributed by atoms with Crippen LogP contribution in [0.1, 0.15) is 16.2 Å². The summed E-state index contributed by atoms with van der Waals surface area (Å²) in [5, 5.41) is 8.95. The SMILES string of the molecule is O=C(NCc1ccc(Br)o1)c1ccn[nH]1. The van der Waals surface area contributed by atoms with Gasteiger partial charge in [0.1, 0.15) is 11.5 Å². The zero-order chi connectivity index (χ0) is 10.7. The molecule has 0 aliphatic carbocycles. The molecule has 2 aromatic rings. The first-order valence-corrected chi connectivity index (χ1v) is 5.07. The predicted molar refractivity (Wildman–Crippen MR) is 56.2 cm³/mol. The molecule has 0 aliphatic heterocycles. The Kier molecular flexibility index (Phi) is 2.86. The van der Waals surface area contributed by atoms with Gasteiger partial charge in [0, 0.05) is 6.20 Å². The molecule has 5 nitrogen and oxygen atoms in total. The van der Waals surface area contributed by atoms with Gasteiger partial charge in [-0.25, -0.2) is 0 Å². The predicted octanol–water partition coefficient (Wildman–Crippen LogP) is 1.70. The fraction of sp³-hybridized carbons (Fsp3) is 0.111. The molecule has 2 heterocycles. The zero-order valence-electron chi connectivity index (χ0n) is 7.66. The van der Waals surface area contributed by atoms with E-state index in [0.29, 0.717) is 22.7 Å². The van der Waals surface area contributed by atoms with Crippen molar-refractivity contribution in [2.75, 3.05) is 0 Å². The van der Waals surface area contributed by atoms with Crippen molar-refractivity contribution in [2.45, 2.75) is 6.54 Å². The van der Waals surface area contributed by atoms with Crippen LogP contribution < -0.4 is 5.32 Å². The van der Waals surface area contributed by atoms with Crippen LogP contribution in [0.2, 0.25) is 0 Å². The lowest BCUT2D eigenvalue weighted by Crippen LogP contribution is -2.22. The van der Waals surface area contributed by atoms with E-state index in [4.69, 9.17) is 4.42 Å². The van der Waals surface area contributed by atoms with Gasteiger partial charge < -0.3 is 9.73 Å². The van der Waals surface area contributed by atoms with E-state index in [-0.39, 0.29) is 5.91 Å². The minimum Gasteiger partial charge on any atom is -0.452 e. The average Bonchev–Trinajstić information content (AvgIpc) is 2.84. The fourth-order valence-electron chi connectivity index (χ4n) is 1.09. The summed E-state index contributed by atoms with van der Waals surface area (Å²) in [6.45, 7) is 0.351. The molecule has 6 heteroatoms. The normalized spacial score (nSPS) is 10.2. The number of amides is 1. The maximum atomic E-state index is 11.5. The summed E-state index contributed by atoms with van der Waals surface area (Å²) < 4.78 is 5.87. The zero-order valence-corrected chi connectivity index (χ0v) is 9.24. The molecule has 0 saturated carbocycles. The van der Waals surface area contributed by atoms with Gasteiger partial charge in [0.15, 0.2) is 4.67 Å². The van der Waals surface area contributed by atoms with Crippen LogP contribution in [-0.2, 0) is 6.54 Å². The quantitative estimate of drug-likeness (QED) is 0.891. The van der Waals surface area contributed by atoms with E-state index in [1.807, 2.05) is 0 Å². The summed E-state index contributed by atoms with van der Waals surface area (Å²) in [7, 11) is 0. The summed E-state index contributed by atoms with van der Waals surface area (Å²) in [5.41, 5.74) is 0.431. The van der Waals surface area contributed by atoms with Gasteiger partial charge in [-0.3, -0.25) is 9.89 Å². The Morgan fingerprint density at radius 2 is 2.40 bits per heavy atom. The Morgan fingerprint density at radius 3 is 3.00 bits per heavy atom. The van der Waals surface area contributed by atoms with Crippen molar-refractivity contribution in [3.63, 3.8) is 0 Å². The molecule has 0 fully saturated rings. The summed E-state index contributed by atoms with van der Waals surface area (Å²) in [5.74, 6) is 0.481. The second kappa shape index (κ2) is 4.31. The highest BCUT2D eigenvalue weighted by molar-refractivity contribution is 9.10. The first-order valence-electron chi connectivity index (χ1n) is 4.27. The second-order valence-electron chi connectivity index (χ2n) is 2.86. The van der Waals surface area contributed by atoms with Crippen LogP contribution in [0.4, 0.5) is 0 Å². The highest BCUT2D eigenvalue weighted by Gasteiger charge is 2.07. The van der Waals surface area contributed by atoms with Crippen molar-refractivity contribution in [1.82, 2.24) is 15.5 Å². The Bertz CT molecular complexity index is 450. The number of nitrogens with zero attached hydrogens (tertiary/aromatic N) is 1. The van der Waals surface area contributed by atoms with E-state index in [2.05, 4.69) is 31.4 Å². The minimum absolute atomic E-state index is 0.208. The fourth-order valence-corrected chi connectivity index (χ4v) is 1.43. The average molecular weight is 270 g/mol. The Morgan fingerprint density at radius 1 is 1.53 bits per heavy atom. The van der Waals surface area contributed by atoms with Gasteiger partial charge in [-0.1, -0.05) is 0 Å². The van der Waals surface area contributed by atoms with Crippen LogP contribution in [0.5, 0.6) is 0 Å². The van der Waals surface area contributed by atoms with E-state index >= 15 is 0 Å². The summed E-state index contributed by atoms with van der Waals surface area (Å²) in [6.07, 6.45) is 1.53. The van der Waals surface area contributed by atoms with E-state index in [1.54, 1.807) is 18.2 Å². The van der Waals surface area contributed by atoms with E-state index < -0.39 is 0 Å². The van der Waals surface area contributed by atoms with Gasteiger partial charge in [-0.05, 0) is 34.1 Å². The van der Waals surface area contributed by atoms with Crippen molar-refractivity contribution in [3.05, 3.63) is 40.5 Å². The number of halogens is 1. The molecule has 0 unspecified atom stereocenters. The molecular weight excluding hydrogens is 262 g/mol. The van der Waals surface area contributed by atoms with Gasteiger partial charge in [-0.15, -0.1) is 0 Å². The van der Waals surface area contributed by atoms with Crippen LogP contribution in [0.3, 0.4) is 0 Å². The maximum Gasteiger partial charge on any atom is 0.269 e. The third-order valence-corrected chi connectivity index (χ3v) is 2.22. The summed E-state index contributed by atoms with van der Waals surface area (Å²) in [6, 6.07) is 5.17. The van der Waals surface area contributed by atoms with Crippen LogP contribution in [-0.4, -0.2) is 16.1 Å². The number of carbonyl (C=O) groups is 1. The number of hydrogen-bond acceptors (Lipinski definition) is 3. The van der Waals surface area contributed by atoms with Gasteiger partial charge in [0.25, 0.3) is 5.91 Å². The first kappa shape index (κ1) is 9.97. The van der Waals surface area contributed by atoms with E-state index in [1.165, 1.54) is 6.20 Å². The topological polar surface area (TPSA) is 70.9 Å². The third-order valence-electron chi connectivity index (χ3n) is 1.80. The Balaban J connectivity index is 1.91. The number of aromatic amines is 1. The number of carbonyl (C=O) groups excluding carboxylic acids is 1. The third kappa shape index (κ3) is 2.47. The van der Waals surface area contributed by atoms with Crippen molar-refractivity contribution in [3.8, 4) is 0 Å². The molecule has 2 N–H and O–H groups in total. The molecule has 2 aromatic heterocycles. The Hall–Kier alpha value is -1.56. The number of furan rings is 1. The molecule has 0 atom stereocenters. The number of nitrogens with one attached hydrogen (secondary N) is 2. The molecule has 1 amide bonds. The van der Waals surface area contributed by atoms with Gasteiger partial charge in [0.2, 0.25) is 0 Å². The highest BCUT2D eigenvalue weighted by atomic mass is 79.9. The van der Waals surface area contributed by atoms with Crippen LogP contribution in [0.25, 0.3) is 0 Å². The molecule has 0 aliphatic rings. The van der Waals surface area contributed by atoms with Crippen molar-refractivity contribution >= 4 is 21.8 Å². The van der Waals surface area contributed by atoms with Gasteiger partial charge in [0.05, 0.1) is 6.54 Å². The van der Waals surface area contributed by atoms with Gasteiger partial charge in [-0.2, -0.15) is 5.10 Å². The van der Waals surface area contributed by atoms with E-state index in [0.717, 1.165) is 0 Å². The van der Waals surface area contributed by atoms with Crippen LogP contribution in [0.15, 0.2) is 33.5 Å². The molecule has 0 spiro atoms. The molecule has 0 aromatic carbocycles. The van der Waals surface area contributed by atoms with Crippen molar-refractivity contribution < 1.29 is 9.21 Å². The number of aromatic nitrogens is 2. The van der Waals surface area contributed by atoms with Gasteiger partial charge >= 0.3 is 0 Å². The molecular formula is C9H8BrN3O2. The highest BCUT2D eigenvalue weighted by Crippen LogP contribution is 2.13. The number of H-pyrrole nitrogens is 1. The van der Waals surface area contributed by atoms with E-state index in [9.17, 15) is 4.79 Å². The Labute approximate surface area is 94.0 Å².